The van der Waals surface area contributed by atoms with Crippen LogP contribution in [0.2, 0.25) is 0 Å². The van der Waals surface area contributed by atoms with E-state index in [0.717, 1.165) is 29.0 Å². The van der Waals surface area contributed by atoms with E-state index in [1.54, 1.807) is 30.2 Å². The van der Waals surface area contributed by atoms with Crippen LogP contribution in [-0.4, -0.2) is 37.4 Å². The Labute approximate surface area is 193 Å². The van der Waals surface area contributed by atoms with Crippen LogP contribution in [0.15, 0.2) is 72.3 Å². The number of benzene rings is 2. The second-order valence-electron chi connectivity index (χ2n) is 7.60. The van der Waals surface area contributed by atoms with E-state index in [-0.39, 0.29) is 12.5 Å². The highest BCUT2D eigenvalue weighted by atomic mass is 16.5. The summed E-state index contributed by atoms with van der Waals surface area (Å²) >= 11 is 0. The van der Waals surface area contributed by atoms with Gasteiger partial charge in [0, 0.05) is 43.0 Å². The molecular weight excluding hydrogens is 418 g/mol. The van der Waals surface area contributed by atoms with Crippen molar-refractivity contribution in [3.63, 3.8) is 0 Å². The second-order valence-corrected chi connectivity index (χ2v) is 7.60. The van der Waals surface area contributed by atoms with Crippen LogP contribution >= 0.6 is 0 Å². The van der Waals surface area contributed by atoms with Gasteiger partial charge in [-0.05, 0) is 36.2 Å². The third-order valence-electron chi connectivity index (χ3n) is 5.60. The first-order chi connectivity index (χ1) is 15.9. The number of hydrogen-bond acceptors (Lipinski definition) is 7. The average Bonchev–Trinajstić information content (AvgIpc) is 2.83. The fourth-order valence-corrected chi connectivity index (χ4v) is 3.69. The number of amides is 1. The summed E-state index contributed by atoms with van der Waals surface area (Å²) in [5.74, 6) is 1.93. The van der Waals surface area contributed by atoms with E-state index in [2.05, 4.69) is 18.8 Å². The van der Waals surface area contributed by atoms with Gasteiger partial charge in [0.1, 0.15) is 11.5 Å². The summed E-state index contributed by atoms with van der Waals surface area (Å²) in [6, 6.07) is 11.6. The van der Waals surface area contributed by atoms with Crippen molar-refractivity contribution >= 4 is 28.8 Å². The summed E-state index contributed by atoms with van der Waals surface area (Å²) in [4.78, 5) is 20.3. The van der Waals surface area contributed by atoms with Gasteiger partial charge in [-0.25, -0.2) is 4.99 Å². The van der Waals surface area contributed by atoms with Crippen molar-refractivity contribution in [2.24, 2.45) is 10.7 Å². The first-order valence-corrected chi connectivity index (χ1v) is 10.6. The molecule has 0 bridgehead atoms. The van der Waals surface area contributed by atoms with Crippen molar-refractivity contribution in [3.8, 4) is 11.5 Å². The summed E-state index contributed by atoms with van der Waals surface area (Å²) in [5, 5.41) is 3.35. The summed E-state index contributed by atoms with van der Waals surface area (Å²) in [7, 11) is 3.39. The number of ether oxygens (including phenoxy) is 2. The van der Waals surface area contributed by atoms with Crippen molar-refractivity contribution in [2.45, 2.75) is 13.3 Å². The van der Waals surface area contributed by atoms with Crippen molar-refractivity contribution < 1.29 is 14.3 Å². The number of nitrogens with zero attached hydrogens (tertiary/aromatic N) is 3. The number of amidine groups is 1. The van der Waals surface area contributed by atoms with Gasteiger partial charge < -0.3 is 30.3 Å². The number of carbonyl (C=O) groups excluding carboxylic acids is 1. The number of aliphatic imine (C=N–C) groups is 1. The Balaban J connectivity index is 1.72. The van der Waals surface area contributed by atoms with Gasteiger partial charge in [0.25, 0.3) is 5.91 Å². The minimum absolute atomic E-state index is 0.0347. The molecular formula is C25H27N5O3. The standard InChI is InChI=1S/C25H27N5O3/c1-5-17-6-8-19(13-23(17)32-4)27-25-16(2)30(11-10-26)14-20(28-25)18-7-9-22-21(12-18)29(3)24(31)15-33-22/h6-14H,2,5,15,26H2,1,3-4H3,(H,27,28)/b11-10-. The summed E-state index contributed by atoms with van der Waals surface area (Å²) in [6.07, 6.45) is 5.86. The predicted molar refractivity (Wildman–Crippen MR) is 131 cm³/mol. The van der Waals surface area contributed by atoms with Gasteiger partial charge in [-0.15, -0.1) is 0 Å². The molecule has 2 aliphatic rings. The SMILES string of the molecule is C=C1C(Nc2ccc(CC)c(OC)c2)=NC(c2ccc3c(c2)N(C)C(=O)CO3)=CN1/C=C\N. The number of anilines is 2. The molecule has 0 unspecified atom stereocenters. The monoisotopic (exact) mass is 445 g/mol. The van der Waals surface area contributed by atoms with Gasteiger partial charge in [-0.1, -0.05) is 19.6 Å². The Morgan fingerprint density at radius 1 is 1.30 bits per heavy atom. The lowest BCUT2D eigenvalue weighted by molar-refractivity contribution is -0.120. The molecule has 0 aromatic heterocycles. The molecule has 2 heterocycles. The molecule has 0 spiro atoms. The number of methoxy groups -OCH3 is 1. The zero-order chi connectivity index (χ0) is 23.5. The van der Waals surface area contributed by atoms with Gasteiger partial charge in [0.2, 0.25) is 0 Å². The molecule has 2 aliphatic heterocycles. The van der Waals surface area contributed by atoms with Crippen LogP contribution in [0.5, 0.6) is 11.5 Å². The number of carbonyl (C=O) groups is 1. The topological polar surface area (TPSA) is 92.4 Å². The molecule has 0 saturated carbocycles. The Hall–Kier alpha value is -4.20. The smallest absolute Gasteiger partial charge is 0.264 e. The third-order valence-corrected chi connectivity index (χ3v) is 5.60. The van der Waals surface area contributed by atoms with E-state index in [1.165, 1.54) is 6.20 Å². The van der Waals surface area contributed by atoms with Crippen molar-refractivity contribution in [1.29, 1.82) is 0 Å². The van der Waals surface area contributed by atoms with Crippen LogP contribution in [0.25, 0.3) is 5.70 Å². The number of aryl methyl sites for hydroxylation is 1. The van der Waals surface area contributed by atoms with Gasteiger partial charge in [-0.2, -0.15) is 0 Å². The van der Waals surface area contributed by atoms with E-state index < -0.39 is 0 Å². The van der Waals surface area contributed by atoms with Gasteiger partial charge in [-0.3, -0.25) is 4.79 Å². The molecule has 4 rings (SSSR count). The average molecular weight is 446 g/mol. The Morgan fingerprint density at radius 3 is 2.85 bits per heavy atom. The Kier molecular flexibility index (Phi) is 6.08. The maximum Gasteiger partial charge on any atom is 0.264 e. The molecule has 0 fully saturated rings. The maximum absolute atomic E-state index is 12.1. The Bertz CT molecular complexity index is 1200. The van der Waals surface area contributed by atoms with Gasteiger partial charge in [0.05, 0.1) is 24.2 Å². The van der Waals surface area contributed by atoms with Crippen LogP contribution in [-0.2, 0) is 11.2 Å². The summed E-state index contributed by atoms with van der Waals surface area (Å²) in [5.41, 5.74) is 10.4. The second kappa shape index (κ2) is 9.12. The van der Waals surface area contributed by atoms with Crippen LogP contribution < -0.4 is 25.4 Å². The highest BCUT2D eigenvalue weighted by Crippen LogP contribution is 2.35. The number of nitrogens with two attached hydrogens (primary N) is 1. The van der Waals surface area contributed by atoms with Gasteiger partial charge in [0.15, 0.2) is 12.4 Å². The molecule has 0 radical (unpaired) electrons. The zero-order valence-electron chi connectivity index (χ0n) is 19.0. The summed E-state index contributed by atoms with van der Waals surface area (Å²) in [6.45, 7) is 6.28. The van der Waals surface area contributed by atoms with E-state index in [0.29, 0.717) is 28.7 Å². The first-order valence-electron chi connectivity index (χ1n) is 10.6. The fourth-order valence-electron chi connectivity index (χ4n) is 3.69. The van der Waals surface area contributed by atoms with Crippen LogP contribution in [0.4, 0.5) is 11.4 Å². The first kappa shape index (κ1) is 22.0. The number of likely N-dealkylation sites (N-methyl/N-ethyl adjacent to an activating group) is 1. The maximum atomic E-state index is 12.1. The molecule has 0 aliphatic carbocycles. The molecule has 0 atom stereocenters. The molecule has 2 aromatic carbocycles. The van der Waals surface area contributed by atoms with E-state index in [1.807, 2.05) is 42.6 Å². The highest BCUT2D eigenvalue weighted by molar-refractivity contribution is 6.11. The molecule has 1 amide bonds. The normalized spacial score (nSPS) is 15.7. The number of fused-ring (bicyclic) bond motifs is 1. The Morgan fingerprint density at radius 2 is 2.12 bits per heavy atom. The minimum atomic E-state index is -0.103. The van der Waals surface area contributed by atoms with E-state index in [4.69, 9.17) is 20.2 Å². The third kappa shape index (κ3) is 4.27. The largest absolute Gasteiger partial charge is 0.496 e. The minimum Gasteiger partial charge on any atom is -0.496 e. The molecule has 8 heteroatoms. The highest BCUT2D eigenvalue weighted by Gasteiger charge is 2.24. The van der Waals surface area contributed by atoms with Crippen LogP contribution in [0, 0.1) is 0 Å². The number of hydrogen-bond donors (Lipinski definition) is 2. The van der Waals surface area contributed by atoms with Crippen molar-refractivity contribution in [1.82, 2.24) is 4.90 Å². The molecule has 33 heavy (non-hydrogen) atoms. The van der Waals surface area contributed by atoms with E-state index in [9.17, 15) is 4.79 Å². The van der Waals surface area contributed by atoms with E-state index >= 15 is 0 Å². The van der Waals surface area contributed by atoms with Crippen LogP contribution in [0.1, 0.15) is 18.1 Å². The fraction of sp³-hybridized carbons (Fsp3) is 0.200. The molecule has 170 valence electrons. The molecule has 8 nitrogen and oxygen atoms in total. The quantitative estimate of drug-likeness (QED) is 0.729. The van der Waals surface area contributed by atoms with Crippen molar-refractivity contribution in [3.05, 3.63) is 78.4 Å². The lowest BCUT2D eigenvalue weighted by Gasteiger charge is -2.28. The lowest BCUT2D eigenvalue weighted by atomic mass is 10.1. The zero-order valence-corrected chi connectivity index (χ0v) is 19.0. The van der Waals surface area contributed by atoms with Gasteiger partial charge >= 0.3 is 0 Å². The molecule has 3 N–H and O–H groups in total. The van der Waals surface area contributed by atoms with Crippen LogP contribution in [0.3, 0.4) is 0 Å². The lowest BCUT2D eigenvalue weighted by Crippen LogP contribution is -2.35. The molecule has 0 saturated heterocycles. The summed E-state index contributed by atoms with van der Waals surface area (Å²) < 4.78 is 11.1. The number of rotatable bonds is 5. The number of nitrogens with one attached hydrogen (secondary N) is 1. The van der Waals surface area contributed by atoms with Crippen molar-refractivity contribution in [2.75, 3.05) is 31.0 Å². The molecule has 2 aromatic rings. The predicted octanol–water partition coefficient (Wildman–Crippen LogP) is 3.68.